The summed E-state index contributed by atoms with van der Waals surface area (Å²) in [5.41, 5.74) is 1.13. The minimum Gasteiger partial charge on any atom is -0.347 e. The third kappa shape index (κ3) is 2.86. The van der Waals surface area contributed by atoms with Crippen LogP contribution in [-0.4, -0.2) is 16.0 Å². The Balaban J connectivity index is 1.31. The number of hydrogen-bond donors (Lipinski definition) is 1. The molecule has 22 heavy (non-hydrogen) atoms. The van der Waals surface area contributed by atoms with Gasteiger partial charge in [-0.3, -0.25) is 4.79 Å². The van der Waals surface area contributed by atoms with Crippen molar-refractivity contribution in [2.75, 3.05) is 0 Å². The van der Waals surface area contributed by atoms with E-state index in [1.54, 1.807) is 0 Å². The Morgan fingerprint density at radius 1 is 1.41 bits per heavy atom. The summed E-state index contributed by atoms with van der Waals surface area (Å²) in [4.78, 5) is 16.5. The summed E-state index contributed by atoms with van der Waals surface area (Å²) in [6.45, 7) is 0.303. The molecular weight excluding hydrogens is 302 g/mol. The van der Waals surface area contributed by atoms with Crippen LogP contribution < -0.4 is 5.32 Å². The van der Waals surface area contributed by atoms with Crippen molar-refractivity contribution in [1.82, 2.24) is 15.5 Å². The fraction of sp³-hybridized carbons (Fsp3) is 0.438. The summed E-state index contributed by atoms with van der Waals surface area (Å²) in [7, 11) is 0. The first-order valence-corrected chi connectivity index (χ1v) is 7.94. The molecule has 0 unspecified atom stereocenters. The highest BCUT2D eigenvalue weighted by atomic mass is 35.5. The highest BCUT2D eigenvalue weighted by Gasteiger charge is 2.43. The Kier molecular flexibility index (Phi) is 3.37. The maximum Gasteiger partial charge on any atom is 0.246 e. The zero-order valence-corrected chi connectivity index (χ0v) is 12.7. The topological polar surface area (TPSA) is 68.0 Å². The largest absolute Gasteiger partial charge is 0.347 e. The molecule has 1 heterocycles. The number of nitrogens with one attached hydrogen (secondary N) is 1. The maximum absolute atomic E-state index is 12.2. The summed E-state index contributed by atoms with van der Waals surface area (Å²) in [6, 6.07) is 7.71. The quantitative estimate of drug-likeness (QED) is 0.920. The van der Waals surface area contributed by atoms with Crippen molar-refractivity contribution in [3.8, 4) is 0 Å². The summed E-state index contributed by atoms with van der Waals surface area (Å²) in [5, 5.41) is 7.53. The molecule has 0 bridgehead atoms. The average molecular weight is 318 g/mol. The zero-order valence-electron chi connectivity index (χ0n) is 12.0. The molecule has 0 aliphatic heterocycles. The number of rotatable bonds is 5. The number of hydrogen-bond acceptors (Lipinski definition) is 4. The standard InChI is InChI=1S/C16H16ClN3O2/c17-11-3-1-2-10(6-11)12-7-13(12)16(21)18-8-14-19-15(20-22-14)9-4-5-9/h1-3,6,9,12-13H,4-5,7-8H2,(H,18,21)/t12-,13+/m1/s1. The number of nitrogens with zero attached hydrogens (tertiary/aromatic N) is 2. The van der Waals surface area contributed by atoms with Gasteiger partial charge in [0.15, 0.2) is 5.82 Å². The molecule has 1 aromatic heterocycles. The van der Waals surface area contributed by atoms with E-state index in [1.807, 2.05) is 24.3 Å². The summed E-state index contributed by atoms with van der Waals surface area (Å²) in [5.74, 6) is 2.04. The zero-order chi connectivity index (χ0) is 15.1. The van der Waals surface area contributed by atoms with Crippen LogP contribution in [0.5, 0.6) is 0 Å². The molecule has 0 spiro atoms. The molecule has 2 atom stereocenters. The van der Waals surface area contributed by atoms with Gasteiger partial charge in [0.2, 0.25) is 11.8 Å². The molecule has 2 saturated carbocycles. The predicted molar refractivity (Wildman–Crippen MR) is 80.4 cm³/mol. The molecule has 0 radical (unpaired) electrons. The molecule has 2 aromatic rings. The van der Waals surface area contributed by atoms with E-state index >= 15 is 0 Å². The Hall–Kier alpha value is -1.88. The molecule has 1 amide bonds. The van der Waals surface area contributed by atoms with Gasteiger partial charge in [0.25, 0.3) is 0 Å². The molecule has 1 N–H and O–H groups in total. The second-order valence-electron chi connectivity index (χ2n) is 6.04. The summed E-state index contributed by atoms with van der Waals surface area (Å²) in [6.07, 6.45) is 3.13. The minimum atomic E-state index is 0.0179. The minimum absolute atomic E-state index is 0.0179. The van der Waals surface area contributed by atoms with Crippen molar-refractivity contribution in [3.05, 3.63) is 46.6 Å². The first-order chi connectivity index (χ1) is 10.7. The highest BCUT2D eigenvalue weighted by molar-refractivity contribution is 6.30. The van der Waals surface area contributed by atoms with Crippen molar-refractivity contribution < 1.29 is 9.32 Å². The van der Waals surface area contributed by atoms with Gasteiger partial charge >= 0.3 is 0 Å². The van der Waals surface area contributed by atoms with Crippen LogP contribution in [0.1, 0.15) is 48.4 Å². The van der Waals surface area contributed by atoms with Gasteiger partial charge in [0, 0.05) is 16.9 Å². The summed E-state index contributed by atoms with van der Waals surface area (Å²) < 4.78 is 5.15. The Bertz CT molecular complexity index is 711. The van der Waals surface area contributed by atoms with Crippen LogP contribution in [0.3, 0.4) is 0 Å². The Morgan fingerprint density at radius 2 is 2.27 bits per heavy atom. The lowest BCUT2D eigenvalue weighted by molar-refractivity contribution is -0.122. The van der Waals surface area contributed by atoms with Gasteiger partial charge in [-0.2, -0.15) is 4.98 Å². The Labute approximate surface area is 133 Å². The van der Waals surface area contributed by atoms with Crippen LogP contribution in [0.15, 0.2) is 28.8 Å². The first-order valence-electron chi connectivity index (χ1n) is 7.56. The number of aromatic nitrogens is 2. The number of carbonyl (C=O) groups is 1. The second-order valence-corrected chi connectivity index (χ2v) is 6.48. The normalized spacial score (nSPS) is 23.3. The average Bonchev–Trinajstić information content (AvgIpc) is 3.43. The van der Waals surface area contributed by atoms with E-state index in [2.05, 4.69) is 15.5 Å². The van der Waals surface area contributed by atoms with E-state index in [9.17, 15) is 4.79 Å². The van der Waals surface area contributed by atoms with Crippen molar-refractivity contribution in [2.45, 2.75) is 37.6 Å². The van der Waals surface area contributed by atoms with Gasteiger partial charge in [-0.25, -0.2) is 0 Å². The van der Waals surface area contributed by atoms with Gasteiger partial charge in [0.1, 0.15) is 0 Å². The van der Waals surface area contributed by atoms with E-state index in [0.717, 1.165) is 30.7 Å². The van der Waals surface area contributed by atoms with Crippen LogP contribution in [0.2, 0.25) is 5.02 Å². The number of amides is 1. The fourth-order valence-electron chi connectivity index (χ4n) is 2.73. The van der Waals surface area contributed by atoms with Crippen LogP contribution in [0.25, 0.3) is 0 Å². The second kappa shape index (κ2) is 5.39. The number of halogens is 1. The third-order valence-electron chi connectivity index (χ3n) is 4.24. The Morgan fingerprint density at radius 3 is 3.05 bits per heavy atom. The highest BCUT2D eigenvalue weighted by Crippen LogP contribution is 2.48. The van der Waals surface area contributed by atoms with Gasteiger partial charge in [-0.1, -0.05) is 28.9 Å². The molecular formula is C16H16ClN3O2. The van der Waals surface area contributed by atoms with E-state index in [1.165, 1.54) is 0 Å². The van der Waals surface area contributed by atoms with Crippen molar-refractivity contribution in [1.29, 1.82) is 0 Å². The van der Waals surface area contributed by atoms with Gasteiger partial charge < -0.3 is 9.84 Å². The van der Waals surface area contributed by atoms with Crippen LogP contribution in [0.4, 0.5) is 0 Å². The lowest BCUT2D eigenvalue weighted by Gasteiger charge is -2.02. The van der Waals surface area contributed by atoms with Crippen LogP contribution in [0, 0.1) is 5.92 Å². The van der Waals surface area contributed by atoms with Gasteiger partial charge in [-0.15, -0.1) is 0 Å². The molecule has 2 aliphatic carbocycles. The van der Waals surface area contributed by atoms with Gasteiger partial charge in [0.05, 0.1) is 6.54 Å². The van der Waals surface area contributed by atoms with Crippen molar-refractivity contribution in [3.63, 3.8) is 0 Å². The third-order valence-corrected chi connectivity index (χ3v) is 4.48. The number of benzene rings is 1. The molecule has 2 aliphatic rings. The predicted octanol–water partition coefficient (Wildman–Crippen LogP) is 3.02. The molecule has 1 aromatic carbocycles. The first kappa shape index (κ1) is 13.8. The fourth-order valence-corrected chi connectivity index (χ4v) is 2.93. The van der Waals surface area contributed by atoms with Crippen molar-refractivity contribution >= 4 is 17.5 Å². The maximum atomic E-state index is 12.2. The van der Waals surface area contributed by atoms with Gasteiger partial charge in [-0.05, 0) is 42.9 Å². The van der Waals surface area contributed by atoms with E-state index in [0.29, 0.717) is 23.4 Å². The smallest absolute Gasteiger partial charge is 0.246 e. The summed E-state index contributed by atoms with van der Waals surface area (Å²) >= 11 is 5.99. The number of carbonyl (C=O) groups excluding carboxylic acids is 1. The van der Waals surface area contributed by atoms with Crippen LogP contribution >= 0.6 is 11.6 Å². The van der Waals surface area contributed by atoms with E-state index in [4.69, 9.17) is 16.1 Å². The monoisotopic (exact) mass is 317 g/mol. The molecule has 2 fully saturated rings. The lowest BCUT2D eigenvalue weighted by atomic mass is 10.1. The molecule has 4 rings (SSSR count). The van der Waals surface area contributed by atoms with E-state index < -0.39 is 0 Å². The molecule has 6 heteroatoms. The van der Waals surface area contributed by atoms with Crippen molar-refractivity contribution in [2.24, 2.45) is 5.92 Å². The molecule has 5 nitrogen and oxygen atoms in total. The SMILES string of the molecule is O=C(NCc1nc(C2CC2)no1)[C@H]1C[C@@H]1c1cccc(Cl)c1. The molecule has 0 saturated heterocycles. The van der Waals surface area contributed by atoms with E-state index in [-0.39, 0.29) is 17.7 Å². The molecule has 114 valence electrons. The lowest BCUT2D eigenvalue weighted by Crippen LogP contribution is -2.25. The van der Waals surface area contributed by atoms with Crippen LogP contribution in [-0.2, 0) is 11.3 Å².